The molecule has 84 valence electrons. The van der Waals surface area contributed by atoms with Crippen LogP contribution in [0.1, 0.15) is 31.6 Å². The van der Waals surface area contributed by atoms with Crippen molar-refractivity contribution in [2.75, 3.05) is 6.54 Å². The molecule has 0 bridgehead atoms. The summed E-state index contributed by atoms with van der Waals surface area (Å²) >= 11 is 0. The Hall–Kier alpha value is -1.42. The molecule has 1 fully saturated rings. The SMILES string of the molecule is CC1CCCNC1c1nc2ccncc2[nH]1. The van der Waals surface area contributed by atoms with E-state index in [2.05, 4.69) is 27.2 Å². The van der Waals surface area contributed by atoms with Crippen molar-refractivity contribution in [1.82, 2.24) is 20.3 Å². The molecule has 3 heterocycles. The Morgan fingerprint density at radius 1 is 1.44 bits per heavy atom. The zero-order chi connectivity index (χ0) is 11.0. The Morgan fingerprint density at radius 3 is 3.19 bits per heavy atom. The fourth-order valence-corrected chi connectivity index (χ4v) is 2.44. The standard InChI is InChI=1S/C12H16N4/c1-8-3-2-5-14-11(8)12-15-9-4-6-13-7-10(9)16-12/h4,6-8,11,14H,2-3,5H2,1H3,(H,15,16). The summed E-state index contributed by atoms with van der Waals surface area (Å²) in [5.41, 5.74) is 2.03. The fourth-order valence-electron chi connectivity index (χ4n) is 2.44. The number of pyridine rings is 1. The Morgan fingerprint density at radius 2 is 2.38 bits per heavy atom. The predicted molar refractivity (Wildman–Crippen MR) is 63.0 cm³/mol. The van der Waals surface area contributed by atoms with Gasteiger partial charge in [0.05, 0.1) is 23.3 Å². The maximum absolute atomic E-state index is 4.63. The first-order valence-electron chi connectivity index (χ1n) is 5.87. The Kier molecular flexibility index (Phi) is 2.36. The Balaban J connectivity index is 1.98. The highest BCUT2D eigenvalue weighted by molar-refractivity contribution is 5.73. The Bertz CT molecular complexity index is 457. The van der Waals surface area contributed by atoms with Gasteiger partial charge in [0.1, 0.15) is 5.82 Å². The molecule has 0 radical (unpaired) electrons. The summed E-state index contributed by atoms with van der Waals surface area (Å²) in [7, 11) is 0. The van der Waals surface area contributed by atoms with Crippen molar-refractivity contribution in [2.45, 2.75) is 25.8 Å². The lowest BCUT2D eigenvalue weighted by Gasteiger charge is -2.28. The van der Waals surface area contributed by atoms with Gasteiger partial charge in [-0.05, 0) is 31.4 Å². The lowest BCUT2D eigenvalue weighted by Crippen LogP contribution is -2.33. The first kappa shape index (κ1) is 9.78. The summed E-state index contributed by atoms with van der Waals surface area (Å²) in [6.07, 6.45) is 6.15. The van der Waals surface area contributed by atoms with Crippen LogP contribution in [-0.2, 0) is 0 Å². The zero-order valence-corrected chi connectivity index (χ0v) is 9.40. The highest BCUT2D eigenvalue weighted by atomic mass is 15.0. The quantitative estimate of drug-likeness (QED) is 0.766. The molecule has 16 heavy (non-hydrogen) atoms. The van der Waals surface area contributed by atoms with Crippen LogP contribution in [0.2, 0.25) is 0 Å². The molecule has 4 heteroatoms. The van der Waals surface area contributed by atoms with Crippen molar-refractivity contribution in [2.24, 2.45) is 5.92 Å². The van der Waals surface area contributed by atoms with Crippen LogP contribution in [0, 0.1) is 5.92 Å². The van der Waals surface area contributed by atoms with Crippen LogP contribution in [0.4, 0.5) is 0 Å². The second-order valence-electron chi connectivity index (χ2n) is 4.57. The van der Waals surface area contributed by atoms with Crippen LogP contribution in [0.15, 0.2) is 18.5 Å². The van der Waals surface area contributed by atoms with Crippen LogP contribution < -0.4 is 5.32 Å². The molecule has 2 aromatic heterocycles. The number of hydrogen-bond donors (Lipinski definition) is 2. The third-order valence-corrected chi connectivity index (χ3v) is 3.37. The second-order valence-corrected chi connectivity index (χ2v) is 4.57. The van der Waals surface area contributed by atoms with E-state index in [1.807, 2.05) is 12.3 Å². The third kappa shape index (κ3) is 1.59. The minimum Gasteiger partial charge on any atom is -0.339 e. The zero-order valence-electron chi connectivity index (χ0n) is 9.40. The first-order chi connectivity index (χ1) is 7.84. The van der Waals surface area contributed by atoms with Gasteiger partial charge < -0.3 is 10.3 Å². The molecule has 3 rings (SSSR count). The summed E-state index contributed by atoms with van der Waals surface area (Å²) in [4.78, 5) is 12.1. The lowest BCUT2D eigenvalue weighted by molar-refractivity contribution is 0.296. The number of nitrogens with one attached hydrogen (secondary N) is 2. The smallest absolute Gasteiger partial charge is 0.124 e. The highest BCUT2D eigenvalue weighted by Gasteiger charge is 2.24. The maximum Gasteiger partial charge on any atom is 0.124 e. The molecular formula is C12H16N4. The molecular weight excluding hydrogens is 200 g/mol. The van der Waals surface area contributed by atoms with E-state index in [-0.39, 0.29) is 0 Å². The monoisotopic (exact) mass is 216 g/mol. The van der Waals surface area contributed by atoms with Crippen LogP contribution in [0.5, 0.6) is 0 Å². The van der Waals surface area contributed by atoms with Gasteiger partial charge in [-0.15, -0.1) is 0 Å². The van der Waals surface area contributed by atoms with Crippen molar-refractivity contribution in [3.8, 4) is 0 Å². The van der Waals surface area contributed by atoms with E-state index in [0.717, 1.165) is 23.4 Å². The average Bonchev–Trinajstić information content (AvgIpc) is 2.73. The number of imidazole rings is 1. The third-order valence-electron chi connectivity index (χ3n) is 3.37. The van der Waals surface area contributed by atoms with Gasteiger partial charge in [-0.1, -0.05) is 6.92 Å². The maximum atomic E-state index is 4.63. The van der Waals surface area contributed by atoms with Crippen molar-refractivity contribution in [3.05, 3.63) is 24.3 Å². The summed E-state index contributed by atoms with van der Waals surface area (Å²) in [6.45, 7) is 3.37. The molecule has 0 aromatic carbocycles. The van der Waals surface area contributed by atoms with Gasteiger partial charge in [0.2, 0.25) is 0 Å². The van der Waals surface area contributed by atoms with Crippen LogP contribution in [-0.4, -0.2) is 21.5 Å². The average molecular weight is 216 g/mol. The van der Waals surface area contributed by atoms with Gasteiger partial charge in [0, 0.05) is 6.20 Å². The van der Waals surface area contributed by atoms with Gasteiger partial charge >= 0.3 is 0 Å². The number of fused-ring (bicyclic) bond motifs is 1. The number of aromatic nitrogens is 3. The molecule has 2 aromatic rings. The number of nitrogens with zero attached hydrogens (tertiary/aromatic N) is 2. The van der Waals surface area contributed by atoms with E-state index in [4.69, 9.17) is 0 Å². The molecule has 0 aliphatic carbocycles. The predicted octanol–water partition coefficient (Wildman–Crippen LogP) is 2.02. The molecule has 1 aliphatic rings. The van der Waals surface area contributed by atoms with E-state index in [9.17, 15) is 0 Å². The van der Waals surface area contributed by atoms with Crippen LogP contribution in [0.3, 0.4) is 0 Å². The molecule has 0 spiro atoms. The van der Waals surface area contributed by atoms with Crippen molar-refractivity contribution < 1.29 is 0 Å². The number of hydrogen-bond acceptors (Lipinski definition) is 3. The molecule has 0 amide bonds. The molecule has 2 N–H and O–H groups in total. The van der Waals surface area contributed by atoms with E-state index < -0.39 is 0 Å². The van der Waals surface area contributed by atoms with E-state index >= 15 is 0 Å². The van der Waals surface area contributed by atoms with Crippen molar-refractivity contribution >= 4 is 11.0 Å². The molecule has 2 atom stereocenters. The summed E-state index contributed by atoms with van der Waals surface area (Å²) < 4.78 is 0. The number of rotatable bonds is 1. The van der Waals surface area contributed by atoms with Crippen LogP contribution in [0.25, 0.3) is 11.0 Å². The largest absolute Gasteiger partial charge is 0.339 e. The van der Waals surface area contributed by atoms with Crippen LogP contribution >= 0.6 is 0 Å². The second kappa shape index (κ2) is 3.87. The van der Waals surface area contributed by atoms with Gasteiger partial charge in [-0.3, -0.25) is 4.98 Å². The van der Waals surface area contributed by atoms with E-state index in [1.54, 1.807) is 6.20 Å². The molecule has 2 unspecified atom stereocenters. The lowest BCUT2D eigenvalue weighted by atomic mass is 9.92. The number of H-pyrrole nitrogens is 1. The molecule has 1 saturated heterocycles. The van der Waals surface area contributed by atoms with E-state index in [0.29, 0.717) is 12.0 Å². The minimum absolute atomic E-state index is 0.362. The normalized spacial score (nSPS) is 26.1. The topological polar surface area (TPSA) is 53.6 Å². The van der Waals surface area contributed by atoms with Gasteiger partial charge in [-0.25, -0.2) is 4.98 Å². The van der Waals surface area contributed by atoms with Gasteiger partial charge in [0.25, 0.3) is 0 Å². The van der Waals surface area contributed by atoms with Crippen molar-refractivity contribution in [3.63, 3.8) is 0 Å². The molecule has 0 saturated carbocycles. The summed E-state index contributed by atoms with van der Waals surface area (Å²) in [5, 5.41) is 3.53. The minimum atomic E-state index is 0.362. The highest BCUT2D eigenvalue weighted by Crippen LogP contribution is 2.27. The number of aromatic amines is 1. The Labute approximate surface area is 94.5 Å². The molecule has 1 aliphatic heterocycles. The first-order valence-corrected chi connectivity index (χ1v) is 5.87. The summed E-state index contributed by atoms with van der Waals surface area (Å²) in [5.74, 6) is 1.69. The fraction of sp³-hybridized carbons (Fsp3) is 0.500. The number of piperidine rings is 1. The van der Waals surface area contributed by atoms with Gasteiger partial charge in [0.15, 0.2) is 0 Å². The van der Waals surface area contributed by atoms with Gasteiger partial charge in [-0.2, -0.15) is 0 Å². The molecule has 4 nitrogen and oxygen atoms in total. The van der Waals surface area contributed by atoms with Crippen molar-refractivity contribution in [1.29, 1.82) is 0 Å². The van der Waals surface area contributed by atoms with E-state index in [1.165, 1.54) is 12.8 Å². The summed E-state index contributed by atoms with van der Waals surface area (Å²) in [6, 6.07) is 2.31.